The number of amides is 4. The second-order valence-electron chi connectivity index (χ2n) is 17.5. The van der Waals surface area contributed by atoms with Crippen molar-refractivity contribution >= 4 is 34.9 Å². The number of rotatable bonds is 15. The first-order valence-corrected chi connectivity index (χ1v) is 24.0. The number of aromatic amines is 2. The smallest absolute Gasteiger partial charge is 0.407 e. The first-order valence-electron chi connectivity index (χ1n) is 24.0. The van der Waals surface area contributed by atoms with E-state index in [1.54, 1.807) is 28.3 Å². The zero-order chi connectivity index (χ0) is 50.3. The number of hydrogen-bond acceptors (Lipinski definition) is 10. The summed E-state index contributed by atoms with van der Waals surface area (Å²) >= 11 is 0. The molecule has 3 unspecified atom stereocenters. The number of nitrogens with one attached hydrogen (secondary N) is 4. The van der Waals surface area contributed by atoms with Gasteiger partial charge in [0.15, 0.2) is 6.23 Å². The Hall–Kier alpha value is -7.61. The van der Waals surface area contributed by atoms with Crippen molar-refractivity contribution in [1.82, 2.24) is 44.9 Å². The Labute approximate surface area is 409 Å². The van der Waals surface area contributed by atoms with Crippen molar-refractivity contribution in [2.75, 3.05) is 33.9 Å². The number of nitrogens with zero attached hydrogens (tertiary/aromatic N) is 6. The summed E-state index contributed by atoms with van der Waals surface area (Å²) in [5.74, 6) is 1.57. The predicted octanol–water partition coefficient (Wildman–Crippen LogP) is 9.70. The number of alkyl carbamates (subject to hydrolysis) is 2. The minimum Gasteiger partial charge on any atom is -0.469 e. The van der Waals surface area contributed by atoms with Crippen LogP contribution in [0.2, 0.25) is 0 Å². The maximum atomic E-state index is 13.7. The molecular formula is C53H66N10O7. The summed E-state index contributed by atoms with van der Waals surface area (Å²) in [5, 5.41) is 13.5. The van der Waals surface area contributed by atoms with Crippen molar-refractivity contribution in [3.05, 3.63) is 102 Å². The molecule has 3 aromatic carbocycles. The first kappa shape index (κ1) is 51.8. The highest BCUT2D eigenvalue weighted by Crippen LogP contribution is 2.45. The van der Waals surface area contributed by atoms with Crippen LogP contribution < -0.4 is 15.4 Å². The van der Waals surface area contributed by atoms with Gasteiger partial charge in [0, 0.05) is 48.5 Å². The fraction of sp³-hybridized carbons (Fsp3) is 0.415. The largest absolute Gasteiger partial charge is 0.469 e. The van der Waals surface area contributed by atoms with Gasteiger partial charge < -0.3 is 49.2 Å². The molecule has 17 nitrogen and oxygen atoms in total. The lowest BCUT2D eigenvalue weighted by Gasteiger charge is -2.30. The Morgan fingerprint density at radius 3 is 2.31 bits per heavy atom. The summed E-state index contributed by atoms with van der Waals surface area (Å²) in [5.41, 5.74) is 7.76. The van der Waals surface area contributed by atoms with Gasteiger partial charge in [-0.15, -0.1) is 0 Å². The van der Waals surface area contributed by atoms with Crippen LogP contribution in [0.1, 0.15) is 103 Å². The molecule has 4 N–H and O–H groups in total. The van der Waals surface area contributed by atoms with Crippen LogP contribution in [0.5, 0.6) is 5.75 Å². The predicted molar refractivity (Wildman–Crippen MR) is 268 cm³/mol. The van der Waals surface area contributed by atoms with Gasteiger partial charge in [-0.1, -0.05) is 83.5 Å². The van der Waals surface area contributed by atoms with Crippen LogP contribution in [-0.4, -0.2) is 98.2 Å². The standard InChI is InChI=1S/C48H55N9O7.C3H8.C2H3N/c1-6-20-55(46(59)44(29(2)3)54-48(61)63-5)28-41-49-25-35(52-41)31-16-18-37-33(22-31)23-39-34-17-15-32(24-40(34)64-43(57(37)39)19-14-30-11-8-7-9-12-30)36-26-50-45(53-36)38-13-10-21-56(38)42(58)27-51-47(60)62-4;1-3-2;1-2-3/h7-9,11-12,15-18,22-26,29,38,43-44H,6,10,13-14,19-21,27-28H2,1-5H3,(H,49,52)(H,50,53)(H,51,60)(H,54,61);3H2,1-2H3;1H3. The Kier molecular flexibility index (Phi) is 18.2. The Morgan fingerprint density at radius 2 is 1.61 bits per heavy atom. The van der Waals surface area contributed by atoms with Crippen LogP contribution >= 0.6 is 0 Å². The number of ether oxygens (including phenoxy) is 3. The molecule has 3 aromatic heterocycles. The molecule has 0 radical (unpaired) electrons. The second kappa shape index (κ2) is 24.6. The third kappa shape index (κ3) is 12.3. The fourth-order valence-electron chi connectivity index (χ4n) is 8.77. The Morgan fingerprint density at radius 1 is 0.929 bits per heavy atom. The summed E-state index contributed by atoms with van der Waals surface area (Å²) in [6.07, 6.45) is 7.14. The monoisotopic (exact) mass is 955 g/mol. The van der Waals surface area contributed by atoms with E-state index in [4.69, 9.17) is 19.7 Å². The molecule has 370 valence electrons. The first-order chi connectivity index (χ1) is 33.9. The van der Waals surface area contributed by atoms with Gasteiger partial charge in [-0.3, -0.25) is 9.59 Å². The average Bonchev–Trinajstić information content (AvgIpc) is 4.21. The van der Waals surface area contributed by atoms with Gasteiger partial charge in [0.05, 0.1) is 67.9 Å². The number of imidazole rings is 2. The Balaban J connectivity index is 0.00000127. The number of aryl methyl sites for hydroxylation is 1. The zero-order valence-electron chi connectivity index (χ0n) is 41.5. The SMILES string of the molecule is CC#N.CCC.CCCN(Cc1ncc(-c2ccc3c(c2)cc2n3C(CCc3ccccc3)Oc3cc(-c4cnc(C5CCCN5C(=O)CNC(=O)OC)[nH]4)ccc3-2)[nH]1)C(=O)C(NC(=O)OC)C(C)C. The summed E-state index contributed by atoms with van der Waals surface area (Å²) in [4.78, 5) is 70.2. The highest BCUT2D eigenvalue weighted by molar-refractivity contribution is 5.92. The van der Waals surface area contributed by atoms with Crippen molar-refractivity contribution in [2.24, 2.45) is 5.92 Å². The molecular weight excluding hydrogens is 889 g/mol. The summed E-state index contributed by atoms with van der Waals surface area (Å²) in [6, 6.07) is 26.0. The quantitative estimate of drug-likeness (QED) is 0.0765. The summed E-state index contributed by atoms with van der Waals surface area (Å²) < 4.78 is 18.6. The molecule has 0 bridgehead atoms. The molecule has 5 heterocycles. The van der Waals surface area contributed by atoms with Gasteiger partial charge in [0.1, 0.15) is 30.0 Å². The number of carbonyl (C=O) groups is 4. The van der Waals surface area contributed by atoms with Crippen molar-refractivity contribution in [1.29, 1.82) is 5.26 Å². The molecule has 0 saturated carbocycles. The molecule has 1 saturated heterocycles. The van der Waals surface area contributed by atoms with Crippen molar-refractivity contribution < 1.29 is 33.4 Å². The molecule has 70 heavy (non-hydrogen) atoms. The van der Waals surface area contributed by atoms with Gasteiger partial charge in [0.2, 0.25) is 11.8 Å². The number of likely N-dealkylation sites (tertiary alicyclic amines) is 1. The van der Waals surface area contributed by atoms with Crippen LogP contribution in [0.15, 0.2) is 85.2 Å². The summed E-state index contributed by atoms with van der Waals surface area (Å²) in [7, 11) is 2.55. The van der Waals surface area contributed by atoms with Crippen molar-refractivity contribution in [3.8, 4) is 45.6 Å². The molecule has 6 aromatic rings. The zero-order valence-corrected chi connectivity index (χ0v) is 41.5. The van der Waals surface area contributed by atoms with E-state index < -0.39 is 18.2 Å². The minimum atomic E-state index is -0.733. The highest BCUT2D eigenvalue weighted by atomic mass is 16.5. The lowest BCUT2D eigenvalue weighted by molar-refractivity contribution is -0.135. The van der Waals surface area contributed by atoms with E-state index in [-0.39, 0.29) is 43.1 Å². The van der Waals surface area contributed by atoms with Gasteiger partial charge >= 0.3 is 12.2 Å². The number of methoxy groups -OCH3 is 2. The van der Waals surface area contributed by atoms with Crippen LogP contribution in [0.3, 0.4) is 0 Å². The van der Waals surface area contributed by atoms with Crippen molar-refractivity contribution in [2.45, 2.75) is 105 Å². The van der Waals surface area contributed by atoms with Crippen LogP contribution in [0, 0.1) is 17.2 Å². The van der Waals surface area contributed by atoms with E-state index in [1.807, 2.05) is 26.8 Å². The van der Waals surface area contributed by atoms with Crippen LogP contribution in [0.25, 0.3) is 44.7 Å². The van der Waals surface area contributed by atoms with E-state index in [2.05, 4.69) is 115 Å². The molecule has 4 amide bonds. The number of nitriles is 1. The summed E-state index contributed by atoms with van der Waals surface area (Å²) in [6.45, 7) is 12.7. The number of hydrogen-bond donors (Lipinski definition) is 4. The number of benzene rings is 3. The third-order valence-corrected chi connectivity index (χ3v) is 12.0. The lowest BCUT2D eigenvalue weighted by atomic mass is 10.0. The Bertz CT molecular complexity index is 2750. The maximum absolute atomic E-state index is 13.7. The molecule has 8 rings (SSSR count). The third-order valence-electron chi connectivity index (χ3n) is 12.0. The normalized spacial score (nSPS) is 14.9. The number of fused-ring (bicyclic) bond motifs is 5. The average molecular weight is 955 g/mol. The van der Waals surface area contributed by atoms with Crippen LogP contribution in [0.4, 0.5) is 9.59 Å². The molecule has 3 atom stereocenters. The maximum Gasteiger partial charge on any atom is 0.407 e. The minimum absolute atomic E-state index is 0.140. The molecule has 0 spiro atoms. The van der Waals surface area contributed by atoms with Gasteiger partial charge in [-0.2, -0.15) is 5.26 Å². The van der Waals surface area contributed by atoms with Crippen molar-refractivity contribution in [3.63, 3.8) is 0 Å². The number of aromatic nitrogens is 5. The number of carbonyl (C=O) groups excluding carboxylic acids is 4. The lowest BCUT2D eigenvalue weighted by Crippen LogP contribution is -2.51. The fourth-order valence-corrected chi connectivity index (χ4v) is 8.77. The molecule has 17 heteroatoms. The highest BCUT2D eigenvalue weighted by Gasteiger charge is 2.33. The van der Waals surface area contributed by atoms with E-state index in [9.17, 15) is 19.2 Å². The van der Waals surface area contributed by atoms with Crippen LogP contribution in [-0.2, 0) is 32.0 Å². The molecule has 2 aliphatic rings. The molecule has 1 fully saturated rings. The van der Waals surface area contributed by atoms with Gasteiger partial charge in [-0.25, -0.2) is 19.6 Å². The van der Waals surface area contributed by atoms with E-state index >= 15 is 0 Å². The molecule has 2 aliphatic heterocycles. The topological polar surface area (TPSA) is 213 Å². The number of H-pyrrole nitrogens is 2. The molecule has 0 aliphatic carbocycles. The van der Waals surface area contributed by atoms with Gasteiger partial charge in [-0.05, 0) is 67.5 Å². The van der Waals surface area contributed by atoms with E-state index in [1.165, 1.54) is 33.1 Å². The van der Waals surface area contributed by atoms with E-state index in [0.717, 1.165) is 82.5 Å². The van der Waals surface area contributed by atoms with Gasteiger partial charge in [0.25, 0.3) is 0 Å². The van der Waals surface area contributed by atoms with E-state index in [0.29, 0.717) is 24.7 Å². The second-order valence-corrected chi connectivity index (χ2v) is 17.5.